The van der Waals surface area contributed by atoms with Crippen molar-refractivity contribution in [2.45, 2.75) is 38.0 Å². The largest absolute Gasteiger partial charge is 0.465 e. The van der Waals surface area contributed by atoms with Gasteiger partial charge in [-0.15, -0.1) is 11.3 Å². The van der Waals surface area contributed by atoms with E-state index < -0.39 is 0 Å². The van der Waals surface area contributed by atoms with Crippen LogP contribution in [0.4, 0.5) is 0 Å². The van der Waals surface area contributed by atoms with Crippen LogP contribution in [0.3, 0.4) is 0 Å². The number of methoxy groups -OCH3 is 1. The van der Waals surface area contributed by atoms with Gasteiger partial charge < -0.3 is 4.74 Å². The first-order chi connectivity index (χ1) is 7.31. The van der Waals surface area contributed by atoms with Crippen molar-refractivity contribution in [3.63, 3.8) is 0 Å². The summed E-state index contributed by atoms with van der Waals surface area (Å²) in [6, 6.07) is 2.01. The Morgan fingerprint density at radius 1 is 1.40 bits per heavy atom. The molecule has 0 spiro atoms. The Labute approximate surface area is 94.3 Å². The molecule has 3 heteroatoms. The third-order valence-corrected chi connectivity index (χ3v) is 4.14. The minimum absolute atomic E-state index is 0.215. The Hall–Kier alpha value is -0.830. The van der Waals surface area contributed by atoms with E-state index >= 15 is 0 Å². The SMILES string of the molecule is COC(=O)c1csc(C2CCCCC2)c1. The summed E-state index contributed by atoms with van der Waals surface area (Å²) in [4.78, 5) is 12.7. The molecule has 0 bridgehead atoms. The maximum atomic E-state index is 11.3. The van der Waals surface area contributed by atoms with Crippen LogP contribution in [0, 0.1) is 0 Å². The molecule has 2 nitrogen and oxygen atoms in total. The summed E-state index contributed by atoms with van der Waals surface area (Å²) >= 11 is 1.70. The molecule has 1 heterocycles. The fourth-order valence-corrected chi connectivity index (χ4v) is 3.23. The van der Waals surface area contributed by atoms with Gasteiger partial charge in [0.25, 0.3) is 0 Å². The van der Waals surface area contributed by atoms with Crippen LogP contribution in [0.1, 0.15) is 53.3 Å². The van der Waals surface area contributed by atoms with E-state index in [4.69, 9.17) is 4.74 Å². The zero-order chi connectivity index (χ0) is 10.7. The fourth-order valence-electron chi connectivity index (χ4n) is 2.18. The first kappa shape index (κ1) is 10.7. The van der Waals surface area contributed by atoms with Gasteiger partial charge in [-0.2, -0.15) is 0 Å². The van der Waals surface area contributed by atoms with Crippen LogP contribution in [0.5, 0.6) is 0 Å². The van der Waals surface area contributed by atoms with Crippen LogP contribution < -0.4 is 0 Å². The van der Waals surface area contributed by atoms with Gasteiger partial charge in [0.1, 0.15) is 0 Å². The van der Waals surface area contributed by atoms with E-state index in [2.05, 4.69) is 0 Å². The van der Waals surface area contributed by atoms with Gasteiger partial charge in [0, 0.05) is 10.3 Å². The van der Waals surface area contributed by atoms with Gasteiger partial charge in [0.2, 0.25) is 0 Å². The second kappa shape index (κ2) is 4.79. The number of carbonyl (C=O) groups is 1. The van der Waals surface area contributed by atoms with Crippen molar-refractivity contribution in [2.75, 3.05) is 7.11 Å². The van der Waals surface area contributed by atoms with Gasteiger partial charge in [-0.3, -0.25) is 0 Å². The van der Waals surface area contributed by atoms with E-state index in [0.717, 1.165) is 0 Å². The lowest BCUT2D eigenvalue weighted by Gasteiger charge is -2.19. The topological polar surface area (TPSA) is 26.3 Å². The molecule has 0 amide bonds. The molecule has 0 atom stereocenters. The van der Waals surface area contributed by atoms with Gasteiger partial charge in [-0.05, 0) is 24.8 Å². The highest BCUT2D eigenvalue weighted by Crippen LogP contribution is 2.35. The van der Waals surface area contributed by atoms with E-state index in [-0.39, 0.29) is 5.97 Å². The summed E-state index contributed by atoms with van der Waals surface area (Å²) in [6.45, 7) is 0. The van der Waals surface area contributed by atoms with E-state index in [9.17, 15) is 4.79 Å². The number of thiophene rings is 1. The van der Waals surface area contributed by atoms with Crippen LogP contribution in [-0.2, 0) is 4.74 Å². The summed E-state index contributed by atoms with van der Waals surface area (Å²) in [5.41, 5.74) is 0.711. The van der Waals surface area contributed by atoms with Crippen LogP contribution in [0.2, 0.25) is 0 Å². The third kappa shape index (κ3) is 2.40. The lowest BCUT2D eigenvalue weighted by molar-refractivity contribution is 0.0601. The van der Waals surface area contributed by atoms with Gasteiger partial charge in [0.15, 0.2) is 0 Å². The van der Waals surface area contributed by atoms with E-state index in [1.54, 1.807) is 11.3 Å². The third-order valence-electron chi connectivity index (χ3n) is 3.05. The summed E-state index contributed by atoms with van der Waals surface area (Å²) < 4.78 is 4.70. The molecule has 1 aromatic rings. The van der Waals surface area contributed by atoms with Crippen molar-refractivity contribution in [1.82, 2.24) is 0 Å². The summed E-state index contributed by atoms with van der Waals surface area (Å²) in [7, 11) is 1.43. The Morgan fingerprint density at radius 2 is 2.13 bits per heavy atom. The molecule has 1 aromatic heterocycles. The summed E-state index contributed by atoms with van der Waals surface area (Å²) in [5, 5.41) is 1.91. The molecule has 82 valence electrons. The predicted octanol–water partition coefficient (Wildman–Crippen LogP) is 3.58. The number of rotatable bonds is 2. The molecule has 0 saturated heterocycles. The lowest BCUT2D eigenvalue weighted by Crippen LogP contribution is -2.03. The zero-order valence-corrected chi connectivity index (χ0v) is 9.81. The van der Waals surface area contributed by atoms with Crippen molar-refractivity contribution >= 4 is 17.3 Å². The van der Waals surface area contributed by atoms with E-state index in [1.165, 1.54) is 44.1 Å². The van der Waals surface area contributed by atoms with Gasteiger partial charge in [-0.1, -0.05) is 19.3 Å². The smallest absolute Gasteiger partial charge is 0.338 e. The molecule has 1 fully saturated rings. The van der Waals surface area contributed by atoms with Crippen LogP contribution in [0.25, 0.3) is 0 Å². The van der Waals surface area contributed by atoms with Crippen molar-refractivity contribution in [2.24, 2.45) is 0 Å². The average Bonchev–Trinajstić information content (AvgIpc) is 2.78. The molecule has 1 aliphatic carbocycles. The van der Waals surface area contributed by atoms with Gasteiger partial charge in [0.05, 0.1) is 12.7 Å². The Bertz CT molecular complexity index is 337. The number of carbonyl (C=O) groups excluding carboxylic acids is 1. The lowest BCUT2D eigenvalue weighted by atomic mass is 9.88. The van der Waals surface area contributed by atoms with Crippen LogP contribution in [0.15, 0.2) is 11.4 Å². The molecule has 1 saturated carbocycles. The molecular weight excluding hydrogens is 208 g/mol. The normalized spacial score (nSPS) is 17.7. The van der Waals surface area contributed by atoms with Gasteiger partial charge in [-0.25, -0.2) is 4.79 Å². The quantitative estimate of drug-likeness (QED) is 0.718. The Balaban J connectivity index is 2.08. The number of esters is 1. The van der Waals surface area contributed by atoms with Crippen molar-refractivity contribution in [3.8, 4) is 0 Å². The molecule has 1 aliphatic rings. The van der Waals surface area contributed by atoms with Crippen molar-refractivity contribution in [3.05, 3.63) is 21.9 Å². The number of ether oxygens (including phenoxy) is 1. The van der Waals surface area contributed by atoms with Crippen molar-refractivity contribution < 1.29 is 9.53 Å². The van der Waals surface area contributed by atoms with Crippen LogP contribution >= 0.6 is 11.3 Å². The highest BCUT2D eigenvalue weighted by atomic mass is 32.1. The molecule has 0 N–H and O–H groups in total. The Morgan fingerprint density at radius 3 is 2.80 bits per heavy atom. The van der Waals surface area contributed by atoms with E-state index in [1.807, 2.05) is 11.4 Å². The molecular formula is C12H16O2S. The first-order valence-electron chi connectivity index (χ1n) is 5.48. The van der Waals surface area contributed by atoms with Gasteiger partial charge >= 0.3 is 5.97 Å². The maximum Gasteiger partial charge on any atom is 0.338 e. The fraction of sp³-hybridized carbons (Fsp3) is 0.583. The molecule has 0 aliphatic heterocycles. The van der Waals surface area contributed by atoms with Crippen LogP contribution in [-0.4, -0.2) is 13.1 Å². The Kier molecular flexibility index (Phi) is 3.41. The molecule has 15 heavy (non-hydrogen) atoms. The maximum absolute atomic E-state index is 11.3. The molecule has 0 unspecified atom stereocenters. The highest BCUT2D eigenvalue weighted by molar-refractivity contribution is 7.10. The minimum atomic E-state index is -0.215. The van der Waals surface area contributed by atoms with E-state index in [0.29, 0.717) is 11.5 Å². The average molecular weight is 224 g/mol. The highest BCUT2D eigenvalue weighted by Gasteiger charge is 2.18. The molecule has 2 rings (SSSR count). The zero-order valence-electron chi connectivity index (χ0n) is 8.99. The monoisotopic (exact) mass is 224 g/mol. The van der Waals surface area contributed by atoms with Crippen molar-refractivity contribution in [1.29, 1.82) is 0 Å². The summed E-state index contributed by atoms with van der Waals surface area (Å²) in [5.74, 6) is 0.468. The number of hydrogen-bond acceptors (Lipinski definition) is 3. The molecule has 0 radical (unpaired) electrons. The second-order valence-electron chi connectivity index (χ2n) is 4.06. The predicted molar refractivity (Wildman–Crippen MR) is 61.5 cm³/mol. The number of hydrogen-bond donors (Lipinski definition) is 0. The molecule has 0 aromatic carbocycles. The standard InChI is InChI=1S/C12H16O2S/c1-14-12(13)10-7-11(15-8-10)9-5-3-2-4-6-9/h7-9H,2-6H2,1H3. The first-order valence-corrected chi connectivity index (χ1v) is 6.36. The minimum Gasteiger partial charge on any atom is -0.465 e. The second-order valence-corrected chi connectivity index (χ2v) is 5.01. The summed E-state index contributed by atoms with van der Waals surface area (Å²) in [6.07, 6.45) is 6.58.